The molecule has 0 aliphatic rings. The van der Waals surface area contributed by atoms with Crippen molar-refractivity contribution in [1.82, 2.24) is 9.97 Å². The summed E-state index contributed by atoms with van der Waals surface area (Å²) in [6, 6.07) is 15.7. The highest BCUT2D eigenvalue weighted by Crippen LogP contribution is 2.26. The Labute approximate surface area is 148 Å². The molecule has 5 nitrogen and oxygen atoms in total. The molecular weight excluding hydrogens is 338 g/mol. The van der Waals surface area contributed by atoms with Crippen LogP contribution in [0.1, 0.15) is 10.4 Å². The van der Waals surface area contributed by atoms with Crippen molar-refractivity contribution < 1.29 is 9.21 Å². The van der Waals surface area contributed by atoms with E-state index in [2.05, 4.69) is 15.3 Å². The predicted molar refractivity (Wildman–Crippen MR) is 96.6 cm³/mol. The fourth-order valence-corrected chi connectivity index (χ4v) is 2.55. The van der Waals surface area contributed by atoms with Crippen LogP contribution < -0.4 is 5.32 Å². The third-order valence-electron chi connectivity index (χ3n) is 3.66. The van der Waals surface area contributed by atoms with Gasteiger partial charge >= 0.3 is 0 Å². The van der Waals surface area contributed by atoms with Crippen molar-refractivity contribution in [2.75, 3.05) is 5.32 Å². The zero-order chi connectivity index (χ0) is 17.2. The van der Waals surface area contributed by atoms with Crippen molar-refractivity contribution >= 4 is 34.3 Å². The Kier molecular flexibility index (Phi) is 3.91. The standard InChI is InChI=1S/C19H12ClN3O2/c20-14-5-3-12(4-6-14)18(24)22-15-7-8-17-16(10-15)23-19(25-17)13-2-1-9-21-11-13/h1-11H,(H,22,24). The highest BCUT2D eigenvalue weighted by molar-refractivity contribution is 6.30. The molecule has 0 radical (unpaired) electrons. The van der Waals surface area contributed by atoms with Crippen LogP contribution in [0.15, 0.2) is 71.4 Å². The van der Waals surface area contributed by atoms with Gasteiger partial charge in [0, 0.05) is 28.7 Å². The van der Waals surface area contributed by atoms with E-state index in [0.29, 0.717) is 33.3 Å². The Hall–Kier alpha value is -3.18. The van der Waals surface area contributed by atoms with Crippen LogP contribution in [-0.4, -0.2) is 15.9 Å². The SMILES string of the molecule is O=C(Nc1ccc2oc(-c3cccnc3)nc2c1)c1ccc(Cl)cc1. The maximum absolute atomic E-state index is 12.3. The zero-order valence-electron chi connectivity index (χ0n) is 12.9. The lowest BCUT2D eigenvalue weighted by atomic mass is 10.2. The van der Waals surface area contributed by atoms with E-state index in [1.54, 1.807) is 54.9 Å². The Morgan fingerprint density at radius 2 is 1.92 bits per heavy atom. The third kappa shape index (κ3) is 3.22. The minimum atomic E-state index is -0.216. The second-order valence-electron chi connectivity index (χ2n) is 5.40. The van der Waals surface area contributed by atoms with Crippen LogP contribution in [0, 0.1) is 0 Å². The molecule has 2 aromatic heterocycles. The highest BCUT2D eigenvalue weighted by Gasteiger charge is 2.11. The molecule has 6 heteroatoms. The summed E-state index contributed by atoms with van der Waals surface area (Å²) in [5.74, 6) is 0.274. The van der Waals surface area contributed by atoms with E-state index in [-0.39, 0.29) is 5.91 Å². The van der Waals surface area contributed by atoms with Crippen molar-refractivity contribution in [3.05, 3.63) is 77.6 Å². The molecule has 25 heavy (non-hydrogen) atoms. The average molecular weight is 350 g/mol. The van der Waals surface area contributed by atoms with Gasteiger partial charge in [-0.05, 0) is 54.6 Å². The van der Waals surface area contributed by atoms with E-state index in [9.17, 15) is 4.79 Å². The minimum Gasteiger partial charge on any atom is -0.436 e. The van der Waals surface area contributed by atoms with Crippen LogP contribution in [0.2, 0.25) is 5.02 Å². The third-order valence-corrected chi connectivity index (χ3v) is 3.91. The second kappa shape index (κ2) is 6.37. The molecule has 1 amide bonds. The lowest BCUT2D eigenvalue weighted by Gasteiger charge is -2.05. The topological polar surface area (TPSA) is 68.0 Å². The van der Waals surface area contributed by atoms with Gasteiger partial charge in [0.25, 0.3) is 5.91 Å². The van der Waals surface area contributed by atoms with E-state index in [1.807, 2.05) is 12.1 Å². The number of amides is 1. The summed E-state index contributed by atoms with van der Waals surface area (Å²) in [6.07, 6.45) is 3.38. The number of pyridine rings is 1. The molecule has 2 aromatic carbocycles. The van der Waals surface area contributed by atoms with Gasteiger partial charge in [-0.1, -0.05) is 11.6 Å². The molecule has 2 heterocycles. The van der Waals surface area contributed by atoms with E-state index in [4.69, 9.17) is 16.0 Å². The molecule has 4 rings (SSSR count). The number of halogens is 1. The Bertz CT molecular complexity index is 1040. The number of hydrogen-bond acceptors (Lipinski definition) is 4. The molecule has 4 aromatic rings. The second-order valence-corrected chi connectivity index (χ2v) is 5.84. The summed E-state index contributed by atoms with van der Waals surface area (Å²) in [7, 11) is 0. The molecule has 0 fully saturated rings. The Morgan fingerprint density at radius 3 is 2.68 bits per heavy atom. The van der Waals surface area contributed by atoms with Gasteiger partial charge < -0.3 is 9.73 Å². The van der Waals surface area contributed by atoms with Crippen molar-refractivity contribution in [2.45, 2.75) is 0 Å². The monoisotopic (exact) mass is 349 g/mol. The molecule has 0 spiro atoms. The van der Waals surface area contributed by atoms with E-state index in [0.717, 1.165) is 5.56 Å². The number of fused-ring (bicyclic) bond motifs is 1. The molecule has 0 atom stereocenters. The van der Waals surface area contributed by atoms with Crippen LogP contribution in [0.4, 0.5) is 5.69 Å². The quantitative estimate of drug-likeness (QED) is 0.577. The molecule has 0 unspecified atom stereocenters. The summed E-state index contributed by atoms with van der Waals surface area (Å²) in [5.41, 5.74) is 3.26. The average Bonchev–Trinajstić information content (AvgIpc) is 3.06. The summed E-state index contributed by atoms with van der Waals surface area (Å²) < 4.78 is 5.73. The zero-order valence-corrected chi connectivity index (χ0v) is 13.7. The molecule has 0 aliphatic heterocycles. The van der Waals surface area contributed by atoms with Gasteiger partial charge in [-0.3, -0.25) is 9.78 Å². The summed E-state index contributed by atoms with van der Waals surface area (Å²) >= 11 is 5.84. The first-order chi connectivity index (χ1) is 12.2. The first-order valence-corrected chi connectivity index (χ1v) is 7.95. The summed E-state index contributed by atoms with van der Waals surface area (Å²) in [6.45, 7) is 0. The van der Waals surface area contributed by atoms with Crippen LogP contribution >= 0.6 is 11.6 Å². The number of anilines is 1. The number of aromatic nitrogens is 2. The van der Waals surface area contributed by atoms with E-state index < -0.39 is 0 Å². The number of rotatable bonds is 3. The van der Waals surface area contributed by atoms with Crippen LogP contribution in [0.25, 0.3) is 22.6 Å². The molecular formula is C19H12ClN3O2. The fourth-order valence-electron chi connectivity index (χ4n) is 2.42. The maximum atomic E-state index is 12.3. The molecule has 0 saturated heterocycles. The number of hydrogen-bond donors (Lipinski definition) is 1. The fraction of sp³-hybridized carbons (Fsp3) is 0. The summed E-state index contributed by atoms with van der Waals surface area (Å²) in [4.78, 5) is 20.8. The van der Waals surface area contributed by atoms with Gasteiger partial charge in [0.05, 0.1) is 5.56 Å². The Morgan fingerprint density at radius 1 is 1.08 bits per heavy atom. The maximum Gasteiger partial charge on any atom is 0.255 e. The van der Waals surface area contributed by atoms with E-state index >= 15 is 0 Å². The molecule has 122 valence electrons. The lowest BCUT2D eigenvalue weighted by molar-refractivity contribution is 0.102. The van der Waals surface area contributed by atoms with Gasteiger partial charge in [0.15, 0.2) is 5.58 Å². The largest absolute Gasteiger partial charge is 0.436 e. The van der Waals surface area contributed by atoms with Gasteiger partial charge in [0.2, 0.25) is 5.89 Å². The van der Waals surface area contributed by atoms with Crippen LogP contribution in [-0.2, 0) is 0 Å². The van der Waals surface area contributed by atoms with Gasteiger partial charge in [-0.15, -0.1) is 0 Å². The van der Waals surface area contributed by atoms with Crippen molar-refractivity contribution in [1.29, 1.82) is 0 Å². The van der Waals surface area contributed by atoms with Gasteiger partial charge in [0.1, 0.15) is 5.52 Å². The smallest absolute Gasteiger partial charge is 0.255 e. The van der Waals surface area contributed by atoms with Crippen LogP contribution in [0.3, 0.4) is 0 Å². The molecule has 0 saturated carbocycles. The van der Waals surface area contributed by atoms with Crippen molar-refractivity contribution in [3.63, 3.8) is 0 Å². The molecule has 0 bridgehead atoms. The summed E-state index contributed by atoms with van der Waals surface area (Å²) in [5, 5.41) is 3.43. The number of oxazole rings is 1. The number of nitrogens with one attached hydrogen (secondary N) is 1. The lowest BCUT2D eigenvalue weighted by Crippen LogP contribution is -2.11. The number of carbonyl (C=O) groups excluding carboxylic acids is 1. The minimum absolute atomic E-state index is 0.216. The first kappa shape index (κ1) is 15.4. The highest BCUT2D eigenvalue weighted by atomic mass is 35.5. The van der Waals surface area contributed by atoms with Gasteiger partial charge in [-0.25, -0.2) is 4.98 Å². The number of carbonyl (C=O) groups is 1. The Balaban J connectivity index is 1.61. The van der Waals surface area contributed by atoms with Crippen molar-refractivity contribution in [3.8, 4) is 11.5 Å². The first-order valence-electron chi connectivity index (χ1n) is 7.57. The van der Waals surface area contributed by atoms with E-state index in [1.165, 1.54) is 0 Å². The number of benzene rings is 2. The predicted octanol–water partition coefficient (Wildman–Crippen LogP) is 4.80. The number of nitrogens with zero attached hydrogens (tertiary/aromatic N) is 2. The normalized spacial score (nSPS) is 10.8. The van der Waals surface area contributed by atoms with Crippen LogP contribution in [0.5, 0.6) is 0 Å². The van der Waals surface area contributed by atoms with Gasteiger partial charge in [-0.2, -0.15) is 0 Å². The molecule has 1 N–H and O–H groups in total. The molecule has 0 aliphatic carbocycles. The van der Waals surface area contributed by atoms with Crippen molar-refractivity contribution in [2.24, 2.45) is 0 Å².